The zero-order chi connectivity index (χ0) is 12.3. The Hall–Kier alpha value is -1.64. The lowest BCUT2D eigenvalue weighted by Crippen LogP contribution is -2.20. The molecule has 0 amide bonds. The fourth-order valence-electron chi connectivity index (χ4n) is 1.87. The number of unbranched alkanes of at least 4 members (excludes halogenated alkanes) is 1. The van der Waals surface area contributed by atoms with Crippen LogP contribution < -0.4 is 0 Å². The lowest BCUT2D eigenvalue weighted by atomic mass is 10.1. The first-order valence-electron chi connectivity index (χ1n) is 5.99. The van der Waals surface area contributed by atoms with Crippen molar-refractivity contribution in [1.29, 1.82) is 0 Å². The van der Waals surface area contributed by atoms with Crippen LogP contribution in [0.2, 0.25) is 0 Å². The van der Waals surface area contributed by atoms with Crippen molar-refractivity contribution in [3.8, 4) is 0 Å². The molecule has 1 fully saturated rings. The minimum Gasteiger partial charge on any atom is -0.446 e. The maximum Gasteiger partial charge on any atom is 0.307 e. The molecule has 2 rings (SSSR count). The second-order valence-electron chi connectivity index (χ2n) is 4.37. The van der Waals surface area contributed by atoms with Crippen LogP contribution in [0, 0.1) is 0 Å². The van der Waals surface area contributed by atoms with E-state index >= 15 is 0 Å². The smallest absolute Gasteiger partial charge is 0.307 e. The van der Waals surface area contributed by atoms with Gasteiger partial charge in [0.15, 0.2) is 5.78 Å². The van der Waals surface area contributed by atoms with Crippen molar-refractivity contribution in [2.45, 2.75) is 38.2 Å². The molecule has 1 aromatic rings. The van der Waals surface area contributed by atoms with Gasteiger partial charge in [-0.15, -0.1) is 0 Å². The lowest BCUT2D eigenvalue weighted by molar-refractivity contribution is -0.154. The van der Waals surface area contributed by atoms with E-state index in [1.165, 1.54) is 0 Å². The summed E-state index contributed by atoms with van der Waals surface area (Å²) in [4.78, 5) is 23.1. The molecule has 0 aromatic heterocycles. The summed E-state index contributed by atoms with van der Waals surface area (Å²) in [5.41, 5.74) is -0.179. The van der Waals surface area contributed by atoms with E-state index in [9.17, 15) is 9.59 Å². The van der Waals surface area contributed by atoms with Crippen molar-refractivity contribution >= 4 is 11.8 Å². The number of ketones is 1. The van der Waals surface area contributed by atoms with Crippen molar-refractivity contribution < 1.29 is 14.3 Å². The summed E-state index contributed by atoms with van der Waals surface area (Å²) in [6.07, 6.45) is 2.45. The van der Waals surface area contributed by atoms with Gasteiger partial charge in [-0.2, -0.15) is 0 Å². The maximum atomic E-state index is 11.6. The van der Waals surface area contributed by atoms with Crippen LogP contribution in [0.15, 0.2) is 30.3 Å². The molecule has 1 aliphatic rings. The summed E-state index contributed by atoms with van der Waals surface area (Å²) in [5, 5.41) is 0. The highest BCUT2D eigenvalue weighted by atomic mass is 16.6. The van der Waals surface area contributed by atoms with Gasteiger partial charge in [0.05, 0.1) is 6.42 Å². The monoisotopic (exact) mass is 232 g/mol. The van der Waals surface area contributed by atoms with E-state index < -0.39 is 5.60 Å². The third-order valence-corrected chi connectivity index (χ3v) is 3.00. The summed E-state index contributed by atoms with van der Waals surface area (Å²) in [6.45, 7) is 2.02. The lowest BCUT2D eigenvalue weighted by Gasteiger charge is -2.14. The largest absolute Gasteiger partial charge is 0.446 e. The topological polar surface area (TPSA) is 43.4 Å². The van der Waals surface area contributed by atoms with Gasteiger partial charge in [0.1, 0.15) is 0 Å². The fourth-order valence-corrected chi connectivity index (χ4v) is 1.87. The van der Waals surface area contributed by atoms with E-state index in [1.807, 2.05) is 37.3 Å². The molecule has 1 aliphatic carbocycles. The first-order valence-corrected chi connectivity index (χ1v) is 5.99. The number of carbonyl (C=O) groups excluding carboxylic acids is 2. The van der Waals surface area contributed by atoms with Crippen molar-refractivity contribution in [3.05, 3.63) is 35.9 Å². The molecule has 3 heteroatoms. The fraction of sp³-hybridized carbons (Fsp3) is 0.429. The van der Waals surface area contributed by atoms with E-state index in [4.69, 9.17) is 4.74 Å². The number of hydrogen-bond donors (Lipinski definition) is 0. The molecule has 1 saturated carbocycles. The van der Waals surface area contributed by atoms with Gasteiger partial charge in [0, 0.05) is 12.0 Å². The Morgan fingerprint density at radius 1 is 1.35 bits per heavy atom. The van der Waals surface area contributed by atoms with Crippen LogP contribution in [0.3, 0.4) is 0 Å². The number of esters is 1. The normalized spacial score (nSPS) is 22.3. The van der Waals surface area contributed by atoms with Crippen LogP contribution in [0.1, 0.15) is 38.2 Å². The Kier molecular flexibility index (Phi) is 3.27. The summed E-state index contributed by atoms with van der Waals surface area (Å²) in [5.74, 6) is -0.282. The van der Waals surface area contributed by atoms with Crippen molar-refractivity contribution in [1.82, 2.24) is 0 Å². The third kappa shape index (κ3) is 2.38. The maximum absolute atomic E-state index is 11.6. The Morgan fingerprint density at radius 3 is 2.53 bits per heavy atom. The highest BCUT2D eigenvalue weighted by Crippen LogP contribution is 2.45. The van der Waals surface area contributed by atoms with Crippen LogP contribution in [0.4, 0.5) is 0 Å². The molecule has 0 bridgehead atoms. The van der Waals surface area contributed by atoms with Gasteiger partial charge in [-0.25, -0.2) is 0 Å². The molecule has 0 aliphatic heterocycles. The quantitative estimate of drug-likeness (QED) is 0.733. The van der Waals surface area contributed by atoms with Gasteiger partial charge in [-0.1, -0.05) is 43.7 Å². The third-order valence-electron chi connectivity index (χ3n) is 3.00. The van der Waals surface area contributed by atoms with Gasteiger partial charge in [0.2, 0.25) is 5.60 Å². The van der Waals surface area contributed by atoms with Gasteiger partial charge >= 0.3 is 5.97 Å². The molecular formula is C14H16O3. The summed E-state index contributed by atoms with van der Waals surface area (Å²) in [6, 6.07) is 9.24. The second kappa shape index (κ2) is 4.70. The average Bonchev–Trinajstić information content (AvgIpc) is 2.99. The molecule has 0 N–H and O–H groups in total. The van der Waals surface area contributed by atoms with E-state index in [0.717, 1.165) is 18.4 Å². The van der Waals surface area contributed by atoms with Gasteiger partial charge in [0.25, 0.3) is 0 Å². The first-order chi connectivity index (χ1) is 8.19. The number of rotatable bonds is 5. The second-order valence-corrected chi connectivity index (χ2v) is 4.37. The molecule has 0 saturated heterocycles. The Labute approximate surface area is 101 Å². The van der Waals surface area contributed by atoms with Crippen molar-refractivity contribution in [2.24, 2.45) is 0 Å². The van der Waals surface area contributed by atoms with E-state index in [1.54, 1.807) is 0 Å². The SMILES string of the molecule is CCCCC(=O)OC1(c2ccccc2)CC1=O. The molecule has 0 heterocycles. The van der Waals surface area contributed by atoms with E-state index in [-0.39, 0.29) is 11.8 Å². The number of Topliss-reactive ketones (excluding diaryl/α,β-unsaturated/α-hetero) is 1. The highest BCUT2D eigenvalue weighted by molar-refractivity contribution is 6.06. The Balaban J connectivity index is 2.07. The summed E-state index contributed by atoms with van der Waals surface area (Å²) in [7, 11) is 0. The van der Waals surface area contributed by atoms with E-state index in [2.05, 4.69) is 0 Å². The van der Waals surface area contributed by atoms with Crippen LogP contribution >= 0.6 is 0 Å². The van der Waals surface area contributed by atoms with E-state index in [0.29, 0.717) is 12.8 Å². The highest BCUT2D eigenvalue weighted by Gasteiger charge is 2.59. The van der Waals surface area contributed by atoms with Crippen LogP contribution in [0.5, 0.6) is 0 Å². The molecule has 3 nitrogen and oxygen atoms in total. The predicted octanol–water partition coefficient (Wildman–Crippen LogP) is 2.59. The molecule has 1 unspecified atom stereocenters. The Bertz CT molecular complexity index is 424. The molecule has 90 valence electrons. The molecular weight excluding hydrogens is 216 g/mol. The average molecular weight is 232 g/mol. The first kappa shape index (κ1) is 11.8. The molecule has 17 heavy (non-hydrogen) atoms. The number of ether oxygens (including phenoxy) is 1. The standard InChI is InChI=1S/C14H16O3/c1-2-3-9-13(16)17-14(10-12(14)15)11-7-5-4-6-8-11/h4-8H,2-3,9-10H2,1H3. The molecule has 1 aromatic carbocycles. The van der Waals surface area contributed by atoms with Crippen molar-refractivity contribution in [2.75, 3.05) is 0 Å². The zero-order valence-corrected chi connectivity index (χ0v) is 9.94. The van der Waals surface area contributed by atoms with Crippen LogP contribution in [0.25, 0.3) is 0 Å². The van der Waals surface area contributed by atoms with Gasteiger partial charge < -0.3 is 4.74 Å². The minimum absolute atomic E-state index is 0.00597. The number of benzene rings is 1. The minimum atomic E-state index is -0.966. The van der Waals surface area contributed by atoms with Crippen LogP contribution in [-0.4, -0.2) is 11.8 Å². The summed E-state index contributed by atoms with van der Waals surface area (Å²) >= 11 is 0. The van der Waals surface area contributed by atoms with Crippen molar-refractivity contribution in [3.63, 3.8) is 0 Å². The summed E-state index contributed by atoms with van der Waals surface area (Å²) < 4.78 is 5.36. The van der Waals surface area contributed by atoms with Gasteiger partial charge in [-0.3, -0.25) is 9.59 Å². The van der Waals surface area contributed by atoms with Crippen LogP contribution in [-0.2, 0) is 19.9 Å². The van der Waals surface area contributed by atoms with Gasteiger partial charge in [-0.05, 0) is 6.42 Å². The Morgan fingerprint density at radius 2 is 2.00 bits per heavy atom. The predicted molar refractivity (Wildman–Crippen MR) is 63.4 cm³/mol. The molecule has 1 atom stereocenters. The number of carbonyl (C=O) groups is 2. The number of hydrogen-bond acceptors (Lipinski definition) is 3. The zero-order valence-electron chi connectivity index (χ0n) is 9.94. The molecule has 0 radical (unpaired) electrons. The molecule has 0 spiro atoms.